The Balaban J connectivity index is 1.78. The van der Waals surface area contributed by atoms with Gasteiger partial charge in [0.05, 0.1) is 11.5 Å². The van der Waals surface area contributed by atoms with E-state index in [1.165, 1.54) is 11.8 Å². The topological polar surface area (TPSA) is 60.9 Å². The summed E-state index contributed by atoms with van der Waals surface area (Å²) in [6.45, 7) is 1.88. The van der Waals surface area contributed by atoms with Crippen molar-refractivity contribution in [2.24, 2.45) is 7.05 Å². The molecule has 0 spiro atoms. The summed E-state index contributed by atoms with van der Waals surface area (Å²) >= 11 is 1.39. The van der Waals surface area contributed by atoms with Crippen LogP contribution in [0.15, 0.2) is 58.3 Å². The fourth-order valence-corrected chi connectivity index (χ4v) is 2.98. The predicted molar refractivity (Wildman–Crippen MR) is 84.8 cm³/mol. The van der Waals surface area contributed by atoms with Crippen LogP contribution in [0.25, 0.3) is 11.6 Å². The van der Waals surface area contributed by atoms with Gasteiger partial charge in [-0.3, -0.25) is 4.79 Å². The fraction of sp³-hybridized carbons (Fsp3) is 0.188. The molecule has 0 saturated carbocycles. The van der Waals surface area contributed by atoms with Gasteiger partial charge < -0.3 is 8.98 Å². The van der Waals surface area contributed by atoms with Crippen LogP contribution in [-0.2, 0) is 7.05 Å². The highest BCUT2D eigenvalue weighted by atomic mass is 32.2. The zero-order valence-electron chi connectivity index (χ0n) is 12.3. The molecule has 5 nitrogen and oxygen atoms in total. The molecule has 0 fully saturated rings. The minimum Gasteiger partial charge on any atom is -0.461 e. The van der Waals surface area contributed by atoms with Crippen molar-refractivity contribution in [2.45, 2.75) is 17.3 Å². The number of aromatic nitrogens is 3. The molecule has 1 atom stereocenters. The van der Waals surface area contributed by atoms with E-state index in [4.69, 9.17) is 4.42 Å². The van der Waals surface area contributed by atoms with E-state index < -0.39 is 0 Å². The average Bonchev–Trinajstić information content (AvgIpc) is 3.18. The van der Waals surface area contributed by atoms with Gasteiger partial charge in [0.25, 0.3) is 0 Å². The summed E-state index contributed by atoms with van der Waals surface area (Å²) < 4.78 is 7.17. The Labute approximate surface area is 132 Å². The van der Waals surface area contributed by atoms with Gasteiger partial charge >= 0.3 is 0 Å². The van der Waals surface area contributed by atoms with Gasteiger partial charge in [0.1, 0.15) is 0 Å². The Morgan fingerprint density at radius 3 is 2.64 bits per heavy atom. The molecule has 3 aromatic rings. The zero-order valence-corrected chi connectivity index (χ0v) is 13.1. The highest BCUT2D eigenvalue weighted by molar-refractivity contribution is 8.00. The standard InChI is InChI=1S/C16H15N3O2S/c1-11(14(20)12-7-4-3-5-8-12)22-16-18-17-15(19(16)2)13-9-6-10-21-13/h3-11H,1-2H3. The molecule has 1 aromatic carbocycles. The number of Topliss-reactive ketones (excluding diaryl/α,β-unsaturated/α-hetero) is 1. The molecule has 0 aliphatic heterocycles. The molecule has 3 rings (SSSR count). The lowest BCUT2D eigenvalue weighted by Crippen LogP contribution is -2.14. The first-order valence-electron chi connectivity index (χ1n) is 6.86. The van der Waals surface area contributed by atoms with Crippen LogP contribution in [-0.4, -0.2) is 25.8 Å². The van der Waals surface area contributed by atoms with Crippen LogP contribution in [0.2, 0.25) is 0 Å². The number of benzene rings is 1. The van der Waals surface area contributed by atoms with E-state index in [0.717, 1.165) is 0 Å². The van der Waals surface area contributed by atoms with E-state index in [2.05, 4.69) is 10.2 Å². The summed E-state index contributed by atoms with van der Waals surface area (Å²) in [6, 6.07) is 12.9. The lowest BCUT2D eigenvalue weighted by atomic mass is 10.1. The quantitative estimate of drug-likeness (QED) is 0.533. The van der Waals surface area contributed by atoms with Crippen LogP contribution in [0.5, 0.6) is 0 Å². The first-order valence-corrected chi connectivity index (χ1v) is 7.74. The summed E-state index contributed by atoms with van der Waals surface area (Å²) in [4.78, 5) is 12.4. The van der Waals surface area contributed by atoms with Crippen molar-refractivity contribution < 1.29 is 9.21 Å². The Bertz CT molecular complexity index is 766. The molecule has 6 heteroatoms. The molecule has 0 N–H and O–H groups in total. The normalized spacial score (nSPS) is 12.3. The van der Waals surface area contributed by atoms with Gasteiger partial charge in [-0.2, -0.15) is 0 Å². The molecule has 0 saturated heterocycles. The average molecular weight is 313 g/mol. The van der Waals surface area contributed by atoms with E-state index in [9.17, 15) is 4.79 Å². The zero-order chi connectivity index (χ0) is 15.5. The van der Waals surface area contributed by atoms with Crippen LogP contribution >= 0.6 is 11.8 Å². The molecule has 0 aliphatic rings. The number of carbonyl (C=O) groups excluding carboxylic acids is 1. The monoisotopic (exact) mass is 313 g/mol. The molecule has 2 heterocycles. The van der Waals surface area contributed by atoms with Crippen molar-refractivity contribution >= 4 is 17.5 Å². The van der Waals surface area contributed by atoms with Gasteiger partial charge in [-0.1, -0.05) is 42.1 Å². The van der Waals surface area contributed by atoms with Gasteiger partial charge in [-0.05, 0) is 19.1 Å². The van der Waals surface area contributed by atoms with Crippen LogP contribution < -0.4 is 0 Å². The number of ketones is 1. The Hall–Kier alpha value is -2.34. The summed E-state index contributed by atoms with van der Waals surface area (Å²) in [5.41, 5.74) is 0.705. The number of carbonyl (C=O) groups is 1. The van der Waals surface area contributed by atoms with Gasteiger partial charge in [0.2, 0.25) is 0 Å². The van der Waals surface area contributed by atoms with Gasteiger partial charge in [-0.25, -0.2) is 0 Å². The number of nitrogens with zero attached hydrogens (tertiary/aromatic N) is 3. The predicted octanol–water partition coefficient (Wildman–Crippen LogP) is 3.44. The third-order valence-corrected chi connectivity index (χ3v) is 4.42. The first kappa shape index (κ1) is 14.6. The Kier molecular flexibility index (Phi) is 4.11. The van der Waals surface area contributed by atoms with Crippen molar-refractivity contribution in [1.82, 2.24) is 14.8 Å². The van der Waals surface area contributed by atoms with Gasteiger partial charge in [0, 0.05) is 12.6 Å². The minimum absolute atomic E-state index is 0.0770. The summed E-state index contributed by atoms with van der Waals surface area (Å²) in [6.07, 6.45) is 1.60. The van der Waals surface area contributed by atoms with Crippen LogP contribution in [0.4, 0.5) is 0 Å². The third-order valence-electron chi connectivity index (χ3n) is 3.29. The molecule has 2 aromatic heterocycles. The summed E-state index contributed by atoms with van der Waals surface area (Å²) in [5, 5.41) is 8.72. The largest absolute Gasteiger partial charge is 0.461 e. The summed E-state index contributed by atoms with van der Waals surface area (Å²) in [7, 11) is 1.86. The molecule has 112 valence electrons. The Morgan fingerprint density at radius 1 is 1.18 bits per heavy atom. The van der Waals surface area contributed by atoms with E-state index in [1.807, 2.05) is 54.9 Å². The number of thioether (sulfide) groups is 1. The number of furan rings is 1. The highest BCUT2D eigenvalue weighted by Gasteiger charge is 2.20. The van der Waals surface area contributed by atoms with Crippen molar-refractivity contribution in [2.75, 3.05) is 0 Å². The van der Waals surface area contributed by atoms with Crippen LogP contribution in [0, 0.1) is 0 Å². The molecular formula is C16H15N3O2S. The highest BCUT2D eigenvalue weighted by Crippen LogP contribution is 2.27. The molecule has 1 unspecified atom stereocenters. The maximum Gasteiger partial charge on any atom is 0.200 e. The van der Waals surface area contributed by atoms with Crippen molar-refractivity contribution in [3.63, 3.8) is 0 Å². The van der Waals surface area contributed by atoms with Crippen LogP contribution in [0.3, 0.4) is 0 Å². The second-order valence-electron chi connectivity index (χ2n) is 4.83. The number of hydrogen-bond acceptors (Lipinski definition) is 5. The lowest BCUT2D eigenvalue weighted by Gasteiger charge is -2.09. The maximum atomic E-state index is 12.4. The molecule has 0 aliphatic carbocycles. The minimum atomic E-state index is -0.241. The molecular weight excluding hydrogens is 298 g/mol. The molecule has 0 amide bonds. The molecule has 0 radical (unpaired) electrons. The SMILES string of the molecule is CC(Sc1nnc(-c2ccco2)n1C)C(=O)c1ccccc1. The van der Waals surface area contributed by atoms with E-state index >= 15 is 0 Å². The van der Waals surface area contributed by atoms with E-state index in [1.54, 1.807) is 12.3 Å². The van der Waals surface area contributed by atoms with E-state index in [0.29, 0.717) is 22.3 Å². The molecule has 0 bridgehead atoms. The smallest absolute Gasteiger partial charge is 0.200 e. The molecule has 22 heavy (non-hydrogen) atoms. The third kappa shape index (κ3) is 2.82. The number of rotatable bonds is 5. The van der Waals surface area contributed by atoms with Crippen LogP contribution in [0.1, 0.15) is 17.3 Å². The second kappa shape index (κ2) is 6.19. The van der Waals surface area contributed by atoms with Crippen molar-refractivity contribution in [3.8, 4) is 11.6 Å². The second-order valence-corrected chi connectivity index (χ2v) is 6.14. The van der Waals surface area contributed by atoms with Gasteiger partial charge in [-0.15, -0.1) is 10.2 Å². The lowest BCUT2D eigenvalue weighted by molar-refractivity contribution is 0.0994. The summed E-state index contributed by atoms with van der Waals surface area (Å²) in [5.74, 6) is 1.38. The van der Waals surface area contributed by atoms with Crippen molar-refractivity contribution in [1.29, 1.82) is 0 Å². The fourth-order valence-electron chi connectivity index (χ4n) is 2.09. The van der Waals surface area contributed by atoms with E-state index in [-0.39, 0.29) is 11.0 Å². The maximum absolute atomic E-state index is 12.4. The van der Waals surface area contributed by atoms with Gasteiger partial charge in [0.15, 0.2) is 22.5 Å². The first-order chi connectivity index (χ1) is 10.7. The van der Waals surface area contributed by atoms with Crippen molar-refractivity contribution in [3.05, 3.63) is 54.3 Å². The Morgan fingerprint density at radius 2 is 1.95 bits per heavy atom. The number of hydrogen-bond donors (Lipinski definition) is 0.